The number of aromatic nitrogens is 2. The molecule has 1 aromatic carbocycles. The van der Waals surface area contributed by atoms with Gasteiger partial charge in [-0.2, -0.15) is 0 Å². The second-order valence-corrected chi connectivity index (χ2v) is 5.63. The largest absolute Gasteiger partial charge is 0.313 e. The molecule has 1 aromatic heterocycles. The van der Waals surface area contributed by atoms with Crippen molar-refractivity contribution < 1.29 is 8.78 Å². The molecule has 0 saturated carbocycles. The topological polar surface area (TPSA) is 37.8 Å². The van der Waals surface area contributed by atoms with Gasteiger partial charge in [0.1, 0.15) is 11.6 Å². The van der Waals surface area contributed by atoms with Crippen LogP contribution in [0, 0.1) is 18.6 Å². The Hall–Kier alpha value is -1.53. The molecule has 0 aliphatic carbocycles. The van der Waals surface area contributed by atoms with E-state index in [4.69, 9.17) is 0 Å². The van der Waals surface area contributed by atoms with E-state index in [1.54, 1.807) is 19.2 Å². The quantitative estimate of drug-likeness (QED) is 0.652. The summed E-state index contributed by atoms with van der Waals surface area (Å²) in [6.07, 6.45) is 2.55. The first-order valence-electron chi connectivity index (χ1n) is 6.76. The Labute approximate surface area is 127 Å². The van der Waals surface area contributed by atoms with E-state index in [0.29, 0.717) is 17.3 Å². The zero-order valence-corrected chi connectivity index (χ0v) is 12.8. The average molecular weight is 309 g/mol. The van der Waals surface area contributed by atoms with E-state index in [2.05, 4.69) is 15.3 Å². The van der Waals surface area contributed by atoms with Gasteiger partial charge in [0.05, 0.1) is 4.90 Å². The lowest BCUT2D eigenvalue weighted by Crippen LogP contribution is -2.14. The maximum Gasteiger partial charge on any atom is 0.192 e. The summed E-state index contributed by atoms with van der Waals surface area (Å²) >= 11 is 0.899. The van der Waals surface area contributed by atoms with Gasteiger partial charge in [-0.1, -0.05) is 6.92 Å². The highest BCUT2D eigenvalue weighted by molar-refractivity contribution is 7.99. The Morgan fingerprint density at radius 2 is 1.95 bits per heavy atom. The second kappa shape index (κ2) is 7.47. The van der Waals surface area contributed by atoms with Gasteiger partial charge in [-0.15, -0.1) is 0 Å². The Kier molecular flexibility index (Phi) is 5.64. The molecule has 0 atom stereocenters. The molecule has 21 heavy (non-hydrogen) atoms. The van der Waals surface area contributed by atoms with Crippen molar-refractivity contribution in [3.05, 3.63) is 47.3 Å². The van der Waals surface area contributed by atoms with Crippen molar-refractivity contribution in [3.63, 3.8) is 0 Å². The number of hydrogen-bond acceptors (Lipinski definition) is 4. The van der Waals surface area contributed by atoms with E-state index in [0.717, 1.165) is 30.4 Å². The van der Waals surface area contributed by atoms with Crippen LogP contribution in [0.5, 0.6) is 0 Å². The lowest BCUT2D eigenvalue weighted by Gasteiger charge is -2.08. The molecule has 0 aliphatic rings. The lowest BCUT2D eigenvalue weighted by atomic mass is 10.2. The molecule has 0 fully saturated rings. The number of halogens is 2. The van der Waals surface area contributed by atoms with Gasteiger partial charge in [0.2, 0.25) is 0 Å². The Morgan fingerprint density at radius 1 is 1.24 bits per heavy atom. The highest BCUT2D eigenvalue weighted by atomic mass is 32.2. The third-order valence-corrected chi connectivity index (χ3v) is 3.75. The van der Waals surface area contributed by atoms with Crippen molar-refractivity contribution in [2.75, 3.05) is 6.54 Å². The van der Waals surface area contributed by atoms with Crippen molar-refractivity contribution in [3.8, 4) is 0 Å². The van der Waals surface area contributed by atoms with Crippen molar-refractivity contribution >= 4 is 11.8 Å². The SMILES string of the molecule is CCCNCc1cc(F)c(Sc2nccc(C)n2)c(F)c1. The van der Waals surface area contributed by atoms with Crippen LogP contribution in [-0.4, -0.2) is 16.5 Å². The Morgan fingerprint density at radius 3 is 2.57 bits per heavy atom. The fourth-order valence-corrected chi connectivity index (χ4v) is 2.59. The molecule has 1 N–H and O–H groups in total. The van der Waals surface area contributed by atoms with Crippen molar-refractivity contribution in [1.82, 2.24) is 15.3 Å². The molecular formula is C15H17F2N3S. The predicted molar refractivity (Wildman–Crippen MR) is 79.2 cm³/mol. The van der Waals surface area contributed by atoms with Crippen LogP contribution in [0.15, 0.2) is 34.4 Å². The number of hydrogen-bond donors (Lipinski definition) is 1. The zero-order valence-electron chi connectivity index (χ0n) is 12.0. The Bertz CT molecular complexity index is 597. The van der Waals surface area contributed by atoms with Crippen LogP contribution in [0.4, 0.5) is 8.78 Å². The maximum absolute atomic E-state index is 14.1. The first-order valence-corrected chi connectivity index (χ1v) is 7.58. The summed E-state index contributed by atoms with van der Waals surface area (Å²) < 4.78 is 28.1. The highest BCUT2D eigenvalue weighted by Gasteiger charge is 2.14. The van der Waals surface area contributed by atoms with Crippen LogP contribution >= 0.6 is 11.8 Å². The molecular weight excluding hydrogens is 292 g/mol. The second-order valence-electron chi connectivity index (χ2n) is 4.65. The van der Waals surface area contributed by atoms with Crippen LogP contribution in [0.1, 0.15) is 24.6 Å². The molecule has 112 valence electrons. The average Bonchev–Trinajstić information content (AvgIpc) is 2.43. The molecule has 0 amide bonds. The molecule has 2 aromatic rings. The normalized spacial score (nSPS) is 10.9. The molecule has 0 spiro atoms. The number of aryl methyl sites for hydroxylation is 1. The predicted octanol–water partition coefficient (Wildman–Crippen LogP) is 3.71. The number of rotatable bonds is 6. The Balaban J connectivity index is 2.17. The van der Waals surface area contributed by atoms with E-state index in [1.807, 2.05) is 6.92 Å². The van der Waals surface area contributed by atoms with Crippen molar-refractivity contribution in [1.29, 1.82) is 0 Å². The van der Waals surface area contributed by atoms with Gasteiger partial charge >= 0.3 is 0 Å². The van der Waals surface area contributed by atoms with E-state index in [1.165, 1.54) is 12.1 Å². The number of nitrogens with zero attached hydrogens (tertiary/aromatic N) is 2. The summed E-state index contributed by atoms with van der Waals surface area (Å²) in [4.78, 5) is 8.08. The van der Waals surface area contributed by atoms with Crippen molar-refractivity contribution in [2.45, 2.75) is 36.9 Å². The number of benzene rings is 1. The first kappa shape index (κ1) is 15.9. The summed E-state index contributed by atoms with van der Waals surface area (Å²) in [5, 5.41) is 3.46. The van der Waals surface area contributed by atoms with E-state index < -0.39 is 11.6 Å². The van der Waals surface area contributed by atoms with E-state index >= 15 is 0 Å². The lowest BCUT2D eigenvalue weighted by molar-refractivity contribution is 0.534. The van der Waals surface area contributed by atoms with Gasteiger partial charge in [-0.3, -0.25) is 0 Å². The van der Waals surface area contributed by atoms with Gasteiger partial charge in [0.15, 0.2) is 5.16 Å². The molecule has 0 unspecified atom stereocenters. The third-order valence-electron chi connectivity index (χ3n) is 2.78. The summed E-state index contributed by atoms with van der Waals surface area (Å²) in [7, 11) is 0. The molecule has 0 saturated heterocycles. The van der Waals surface area contributed by atoms with Crippen LogP contribution < -0.4 is 5.32 Å². The van der Waals surface area contributed by atoms with Crippen molar-refractivity contribution in [2.24, 2.45) is 0 Å². The summed E-state index contributed by atoms with van der Waals surface area (Å²) in [5.41, 5.74) is 1.35. The van der Waals surface area contributed by atoms with Gasteiger partial charge in [0.25, 0.3) is 0 Å². The zero-order chi connectivity index (χ0) is 15.2. The minimum absolute atomic E-state index is 0.0696. The van der Waals surface area contributed by atoms with Crippen LogP contribution in [0.3, 0.4) is 0 Å². The maximum atomic E-state index is 14.1. The molecule has 0 aliphatic heterocycles. The van der Waals surface area contributed by atoms with Gasteiger partial charge in [-0.05, 0) is 55.4 Å². The molecule has 2 rings (SSSR count). The third kappa shape index (κ3) is 4.47. The van der Waals surface area contributed by atoms with Crippen LogP contribution in [0.25, 0.3) is 0 Å². The minimum Gasteiger partial charge on any atom is -0.313 e. The molecule has 1 heterocycles. The van der Waals surface area contributed by atoms with Gasteiger partial charge < -0.3 is 5.32 Å². The van der Waals surface area contributed by atoms with Crippen LogP contribution in [0.2, 0.25) is 0 Å². The van der Waals surface area contributed by atoms with Crippen LogP contribution in [-0.2, 0) is 6.54 Å². The monoisotopic (exact) mass is 309 g/mol. The summed E-state index contributed by atoms with van der Waals surface area (Å²) in [5.74, 6) is -1.17. The fraction of sp³-hybridized carbons (Fsp3) is 0.333. The molecule has 6 heteroatoms. The fourth-order valence-electron chi connectivity index (χ4n) is 1.79. The minimum atomic E-state index is -0.585. The smallest absolute Gasteiger partial charge is 0.192 e. The summed E-state index contributed by atoms with van der Waals surface area (Å²) in [6.45, 7) is 5.11. The van der Waals surface area contributed by atoms with E-state index in [-0.39, 0.29) is 4.90 Å². The van der Waals surface area contributed by atoms with Gasteiger partial charge in [-0.25, -0.2) is 18.7 Å². The molecule has 0 radical (unpaired) electrons. The number of nitrogens with one attached hydrogen (secondary N) is 1. The standard InChI is InChI=1S/C15H17F2N3S/c1-3-5-18-9-11-7-12(16)14(13(17)8-11)21-15-19-6-4-10(2)20-15/h4,6-8,18H,3,5,9H2,1-2H3. The summed E-state index contributed by atoms with van der Waals surface area (Å²) in [6, 6.07) is 4.44. The van der Waals surface area contributed by atoms with Gasteiger partial charge in [0, 0.05) is 18.4 Å². The molecule has 3 nitrogen and oxygen atoms in total. The molecule has 0 bridgehead atoms. The van der Waals surface area contributed by atoms with E-state index in [9.17, 15) is 8.78 Å². The first-order chi connectivity index (χ1) is 10.1. The highest BCUT2D eigenvalue weighted by Crippen LogP contribution is 2.30.